The molecule has 10 heteroatoms. The summed E-state index contributed by atoms with van der Waals surface area (Å²) in [6.45, 7) is 4.30. The van der Waals surface area contributed by atoms with Crippen LogP contribution in [0.2, 0.25) is 0 Å². The number of hydrogen-bond donors (Lipinski definition) is 2. The minimum atomic E-state index is -1.86. The molecule has 37 heavy (non-hydrogen) atoms. The maximum Gasteiger partial charge on any atom is 0.343 e. The molecule has 0 bridgehead atoms. The minimum Gasteiger partial charge on any atom is -0.458 e. The molecule has 0 radical (unpaired) electrons. The second-order valence-electron chi connectivity index (χ2n) is 10.0. The third kappa shape index (κ3) is 3.32. The Morgan fingerprint density at radius 2 is 2.00 bits per heavy atom. The van der Waals surface area contributed by atoms with E-state index in [1.807, 2.05) is 12.1 Å². The normalized spacial score (nSPS) is 23.2. The number of esters is 1. The van der Waals surface area contributed by atoms with Gasteiger partial charge in [0, 0.05) is 35.2 Å². The molecule has 2 atom stereocenters. The molecule has 2 aromatic heterocycles. The monoisotopic (exact) mass is 505 g/mol. The van der Waals surface area contributed by atoms with Crippen molar-refractivity contribution in [3.63, 3.8) is 0 Å². The smallest absolute Gasteiger partial charge is 0.343 e. The van der Waals surface area contributed by atoms with Gasteiger partial charge < -0.3 is 33.9 Å². The number of nitrogens with zero attached hydrogens (tertiary/aromatic N) is 2. The summed E-state index contributed by atoms with van der Waals surface area (Å²) in [6.07, 6.45) is 1.81. The lowest BCUT2D eigenvalue weighted by Crippen LogP contribution is -2.44. The molecule has 4 aliphatic heterocycles. The highest BCUT2D eigenvalue weighted by Crippen LogP contribution is 2.43. The van der Waals surface area contributed by atoms with Crippen LogP contribution in [0, 0.1) is 0 Å². The number of benzene rings is 1. The van der Waals surface area contributed by atoms with E-state index in [1.165, 1.54) is 0 Å². The molecule has 0 aliphatic carbocycles. The number of ether oxygens (including phenoxy) is 4. The van der Waals surface area contributed by atoms with E-state index in [9.17, 15) is 14.7 Å². The van der Waals surface area contributed by atoms with Crippen molar-refractivity contribution in [1.29, 1.82) is 0 Å². The van der Waals surface area contributed by atoms with Crippen LogP contribution < -0.4 is 20.3 Å². The lowest BCUT2D eigenvalue weighted by molar-refractivity contribution is -0.172. The summed E-state index contributed by atoms with van der Waals surface area (Å²) in [5.74, 6) is 0.586. The van der Waals surface area contributed by atoms with Gasteiger partial charge in [0.25, 0.3) is 5.56 Å². The van der Waals surface area contributed by atoms with E-state index < -0.39 is 11.6 Å². The van der Waals surface area contributed by atoms with Gasteiger partial charge in [-0.05, 0) is 43.5 Å². The number of hydrogen-bond acceptors (Lipinski definition) is 9. The second kappa shape index (κ2) is 8.27. The fourth-order valence-electron chi connectivity index (χ4n) is 5.93. The Bertz CT molecular complexity index is 1530. The highest BCUT2D eigenvalue weighted by molar-refractivity contribution is 5.91. The van der Waals surface area contributed by atoms with Crippen molar-refractivity contribution in [1.82, 2.24) is 14.9 Å². The highest BCUT2D eigenvalue weighted by atomic mass is 16.7. The average molecular weight is 506 g/mol. The van der Waals surface area contributed by atoms with E-state index in [0.717, 1.165) is 48.0 Å². The maximum absolute atomic E-state index is 13.6. The molecule has 7 rings (SSSR count). The lowest BCUT2D eigenvalue weighted by Gasteiger charge is -2.31. The van der Waals surface area contributed by atoms with Crippen LogP contribution in [0.4, 0.5) is 0 Å². The van der Waals surface area contributed by atoms with Gasteiger partial charge >= 0.3 is 5.97 Å². The zero-order chi connectivity index (χ0) is 25.3. The van der Waals surface area contributed by atoms with Gasteiger partial charge in [0.1, 0.15) is 6.61 Å². The largest absolute Gasteiger partial charge is 0.458 e. The SMILES string of the molecule is CC[C@@]1(O)C(=O)OCc2c1cc1n(c2=O)Cc2c-1nc1cc3c(cc1c2CCN[C@@H]1CCOC1)OCO3. The zero-order valence-corrected chi connectivity index (χ0v) is 20.5. The van der Waals surface area contributed by atoms with Gasteiger partial charge in [-0.15, -0.1) is 0 Å². The van der Waals surface area contributed by atoms with Crippen LogP contribution in [0.1, 0.15) is 42.0 Å². The molecule has 4 aliphatic rings. The minimum absolute atomic E-state index is 0.102. The maximum atomic E-state index is 13.6. The Morgan fingerprint density at radius 1 is 1.16 bits per heavy atom. The van der Waals surface area contributed by atoms with Gasteiger partial charge in [-0.2, -0.15) is 0 Å². The van der Waals surface area contributed by atoms with E-state index in [4.69, 9.17) is 23.9 Å². The summed E-state index contributed by atoms with van der Waals surface area (Å²) in [5.41, 5.74) is 2.57. The predicted octanol–water partition coefficient (Wildman–Crippen LogP) is 1.73. The van der Waals surface area contributed by atoms with Gasteiger partial charge in [0.15, 0.2) is 17.1 Å². The molecule has 1 aromatic carbocycles. The molecule has 2 N–H and O–H groups in total. The quantitative estimate of drug-likeness (QED) is 0.391. The average Bonchev–Trinajstić information content (AvgIpc) is 3.65. The molecule has 0 saturated carbocycles. The zero-order valence-electron chi connectivity index (χ0n) is 20.5. The van der Waals surface area contributed by atoms with Crippen molar-refractivity contribution >= 4 is 16.9 Å². The van der Waals surface area contributed by atoms with Crippen molar-refractivity contribution in [3.05, 3.63) is 50.8 Å². The summed E-state index contributed by atoms with van der Waals surface area (Å²) in [5, 5.41) is 15.7. The van der Waals surface area contributed by atoms with Crippen molar-refractivity contribution in [2.45, 2.75) is 51.0 Å². The highest BCUT2D eigenvalue weighted by Gasteiger charge is 2.45. The van der Waals surface area contributed by atoms with Crippen LogP contribution >= 0.6 is 0 Å². The first-order valence-electron chi connectivity index (χ1n) is 12.7. The fraction of sp³-hybridized carbons (Fsp3) is 0.444. The lowest BCUT2D eigenvalue weighted by atomic mass is 9.86. The summed E-state index contributed by atoms with van der Waals surface area (Å²) < 4.78 is 23.6. The van der Waals surface area contributed by atoms with Crippen LogP contribution in [0.15, 0.2) is 23.0 Å². The first kappa shape index (κ1) is 22.7. The fourth-order valence-corrected chi connectivity index (χ4v) is 5.93. The molecule has 1 saturated heterocycles. The Labute approximate surface area is 212 Å². The van der Waals surface area contributed by atoms with E-state index in [-0.39, 0.29) is 25.4 Å². The summed E-state index contributed by atoms with van der Waals surface area (Å²) in [7, 11) is 0. The number of carbonyl (C=O) groups is 1. The molecule has 3 aromatic rings. The van der Waals surface area contributed by atoms with Crippen molar-refractivity contribution in [2.24, 2.45) is 0 Å². The van der Waals surface area contributed by atoms with E-state index in [0.29, 0.717) is 53.2 Å². The molecule has 6 heterocycles. The van der Waals surface area contributed by atoms with E-state index in [1.54, 1.807) is 17.6 Å². The predicted molar refractivity (Wildman–Crippen MR) is 132 cm³/mol. The summed E-state index contributed by atoms with van der Waals surface area (Å²) >= 11 is 0. The van der Waals surface area contributed by atoms with Crippen LogP contribution in [0.5, 0.6) is 11.5 Å². The summed E-state index contributed by atoms with van der Waals surface area (Å²) in [4.78, 5) is 31.1. The Morgan fingerprint density at radius 3 is 2.78 bits per heavy atom. The van der Waals surface area contributed by atoms with Crippen LogP contribution in [0.25, 0.3) is 22.3 Å². The van der Waals surface area contributed by atoms with Gasteiger partial charge in [-0.25, -0.2) is 9.78 Å². The number of cyclic esters (lactones) is 1. The number of nitrogens with one attached hydrogen (secondary N) is 1. The number of rotatable bonds is 5. The third-order valence-electron chi connectivity index (χ3n) is 8.04. The van der Waals surface area contributed by atoms with Crippen molar-refractivity contribution in [2.75, 3.05) is 26.6 Å². The molecule has 192 valence electrons. The molecule has 0 amide bonds. The Kier molecular flexibility index (Phi) is 5.08. The number of carbonyl (C=O) groups excluding carboxylic acids is 1. The van der Waals surface area contributed by atoms with E-state index >= 15 is 0 Å². The standard InChI is InChI=1S/C27H27N3O7/c1-2-27(33)19-8-21-24-17(10-30(21)25(31)18(19)12-35-26(27)32)15(3-5-28-14-4-6-34-11-14)16-7-22-23(37-13-36-22)9-20(16)29-24/h7-9,14,28,33H,2-6,10-13H2,1H3/t14-,27+/m1/s1. The molecular weight excluding hydrogens is 478 g/mol. The van der Waals surface area contributed by atoms with Crippen LogP contribution in [-0.4, -0.2) is 53.2 Å². The third-order valence-corrected chi connectivity index (χ3v) is 8.04. The number of fused-ring (bicyclic) bond motifs is 6. The van der Waals surface area contributed by atoms with Gasteiger partial charge in [-0.1, -0.05) is 6.92 Å². The van der Waals surface area contributed by atoms with Gasteiger partial charge in [-0.3, -0.25) is 4.79 Å². The molecule has 1 fully saturated rings. The summed E-state index contributed by atoms with van der Waals surface area (Å²) in [6, 6.07) is 5.92. The molecular formula is C27H27N3O7. The van der Waals surface area contributed by atoms with Gasteiger partial charge in [0.05, 0.1) is 35.6 Å². The first-order valence-corrected chi connectivity index (χ1v) is 12.7. The second-order valence-corrected chi connectivity index (χ2v) is 10.0. The number of pyridine rings is 2. The molecule has 0 spiro atoms. The first-order chi connectivity index (χ1) is 18.0. The Balaban J connectivity index is 1.39. The molecule has 0 unspecified atom stereocenters. The number of aliphatic hydroxyl groups is 1. The van der Waals surface area contributed by atoms with Crippen molar-refractivity contribution in [3.8, 4) is 22.9 Å². The van der Waals surface area contributed by atoms with Crippen molar-refractivity contribution < 1.29 is 28.8 Å². The Hall–Kier alpha value is -3.47. The topological polar surface area (TPSA) is 121 Å². The van der Waals surface area contributed by atoms with Crippen LogP contribution in [-0.2, 0) is 39.4 Å². The van der Waals surface area contributed by atoms with E-state index in [2.05, 4.69) is 5.32 Å². The number of aromatic nitrogens is 2. The molecule has 10 nitrogen and oxygen atoms in total. The van der Waals surface area contributed by atoms with Crippen LogP contribution in [0.3, 0.4) is 0 Å². The van der Waals surface area contributed by atoms with Gasteiger partial charge in [0.2, 0.25) is 6.79 Å².